The summed E-state index contributed by atoms with van der Waals surface area (Å²) in [5, 5.41) is 2.56. The summed E-state index contributed by atoms with van der Waals surface area (Å²) in [4.78, 5) is 0. The monoisotopic (exact) mass is 336 g/mol. The Hall–Kier alpha value is -1.76. The molecule has 1 atom stereocenters. The van der Waals surface area contributed by atoms with E-state index in [1.165, 1.54) is 74.1 Å². The van der Waals surface area contributed by atoms with Crippen LogP contribution in [0, 0.1) is 5.92 Å². The number of allylic oxidation sites excluding steroid dienone is 2. The van der Waals surface area contributed by atoms with E-state index in [0.717, 1.165) is 11.7 Å². The second-order valence-electron chi connectivity index (χ2n) is 7.50. The topological polar surface area (TPSA) is 9.23 Å². The molecule has 2 aromatic carbocycles. The third-order valence-corrected chi connectivity index (χ3v) is 5.65. The van der Waals surface area contributed by atoms with Crippen molar-refractivity contribution < 1.29 is 4.74 Å². The van der Waals surface area contributed by atoms with Gasteiger partial charge in [-0.1, -0.05) is 69.7 Å². The number of hydrogen-bond acceptors (Lipinski definition) is 1. The number of ether oxygens (including phenoxy) is 1. The molecule has 0 saturated heterocycles. The molecule has 1 heteroatoms. The van der Waals surface area contributed by atoms with Gasteiger partial charge in [-0.3, -0.25) is 0 Å². The summed E-state index contributed by atoms with van der Waals surface area (Å²) in [5.41, 5.74) is 2.94. The lowest BCUT2D eigenvalue weighted by molar-refractivity contribution is 0.415. The maximum Gasteiger partial charge on any atom is 0.119 e. The van der Waals surface area contributed by atoms with Gasteiger partial charge < -0.3 is 4.74 Å². The Bertz CT molecular complexity index is 713. The molecule has 25 heavy (non-hydrogen) atoms. The summed E-state index contributed by atoms with van der Waals surface area (Å²) < 4.78 is 5.32. The lowest BCUT2D eigenvalue weighted by Crippen LogP contribution is -2.05. The van der Waals surface area contributed by atoms with Gasteiger partial charge in [-0.15, -0.1) is 0 Å². The maximum atomic E-state index is 5.32. The van der Waals surface area contributed by atoms with E-state index < -0.39 is 0 Å². The van der Waals surface area contributed by atoms with Crippen LogP contribution in [-0.4, -0.2) is 7.11 Å². The van der Waals surface area contributed by atoms with Crippen LogP contribution in [0.3, 0.4) is 0 Å². The molecule has 0 aromatic heterocycles. The Morgan fingerprint density at radius 1 is 0.960 bits per heavy atom. The summed E-state index contributed by atoms with van der Waals surface area (Å²) in [6, 6.07) is 13.2. The SMILES string of the molecule is CCCCCCCC1CC=C(c2ccc3cc(OC)ccc3c2)CC1. The second-order valence-corrected chi connectivity index (χ2v) is 7.50. The third kappa shape index (κ3) is 4.87. The highest BCUT2D eigenvalue weighted by atomic mass is 16.5. The zero-order valence-corrected chi connectivity index (χ0v) is 15.9. The van der Waals surface area contributed by atoms with Gasteiger partial charge in [-0.05, 0) is 65.3 Å². The highest BCUT2D eigenvalue weighted by Gasteiger charge is 2.15. The zero-order chi connectivity index (χ0) is 17.5. The largest absolute Gasteiger partial charge is 0.497 e. The molecule has 0 radical (unpaired) electrons. The van der Waals surface area contributed by atoms with Gasteiger partial charge in [0.15, 0.2) is 0 Å². The Balaban J connectivity index is 1.58. The lowest BCUT2D eigenvalue weighted by atomic mass is 9.83. The smallest absolute Gasteiger partial charge is 0.119 e. The van der Waals surface area contributed by atoms with Gasteiger partial charge in [0.25, 0.3) is 0 Å². The molecule has 0 aliphatic heterocycles. The van der Waals surface area contributed by atoms with Crippen molar-refractivity contribution in [3.63, 3.8) is 0 Å². The van der Waals surface area contributed by atoms with Crippen molar-refractivity contribution in [1.29, 1.82) is 0 Å². The average molecular weight is 337 g/mol. The van der Waals surface area contributed by atoms with Crippen LogP contribution < -0.4 is 4.74 Å². The van der Waals surface area contributed by atoms with Crippen molar-refractivity contribution in [1.82, 2.24) is 0 Å². The molecule has 0 fully saturated rings. The van der Waals surface area contributed by atoms with Crippen LogP contribution in [0.2, 0.25) is 0 Å². The van der Waals surface area contributed by atoms with Crippen LogP contribution in [0.25, 0.3) is 16.3 Å². The van der Waals surface area contributed by atoms with E-state index in [1.807, 2.05) is 0 Å². The first-order valence-electron chi connectivity index (χ1n) is 10.1. The Kier molecular flexibility index (Phi) is 6.55. The fourth-order valence-electron chi connectivity index (χ4n) is 4.00. The first-order chi connectivity index (χ1) is 12.3. The lowest BCUT2D eigenvalue weighted by Gasteiger charge is -2.22. The van der Waals surface area contributed by atoms with E-state index in [-0.39, 0.29) is 0 Å². The molecule has 0 amide bonds. The predicted octanol–water partition coefficient (Wildman–Crippen LogP) is 7.39. The molecule has 134 valence electrons. The van der Waals surface area contributed by atoms with Gasteiger partial charge in [0.2, 0.25) is 0 Å². The van der Waals surface area contributed by atoms with E-state index in [2.05, 4.69) is 49.4 Å². The van der Waals surface area contributed by atoms with Crippen molar-refractivity contribution in [2.45, 2.75) is 64.7 Å². The first kappa shape index (κ1) is 18.0. The molecule has 3 rings (SSSR count). The maximum absolute atomic E-state index is 5.32. The number of rotatable bonds is 8. The fourth-order valence-corrected chi connectivity index (χ4v) is 4.00. The molecule has 0 spiro atoms. The van der Waals surface area contributed by atoms with E-state index >= 15 is 0 Å². The number of benzene rings is 2. The molecular weight excluding hydrogens is 304 g/mol. The van der Waals surface area contributed by atoms with Crippen LogP contribution in [0.1, 0.15) is 70.3 Å². The standard InChI is InChI=1S/C24H32O/c1-3-4-5-6-7-8-19-9-11-20(12-10-19)21-13-14-23-18-24(25-2)16-15-22(23)17-21/h11,13-19H,3-10,12H2,1-2H3. The molecule has 1 nitrogen and oxygen atoms in total. The van der Waals surface area contributed by atoms with Crippen molar-refractivity contribution >= 4 is 16.3 Å². The summed E-state index contributed by atoms with van der Waals surface area (Å²) in [5.74, 6) is 1.84. The van der Waals surface area contributed by atoms with Crippen LogP contribution in [-0.2, 0) is 0 Å². The number of fused-ring (bicyclic) bond motifs is 1. The van der Waals surface area contributed by atoms with Crippen LogP contribution >= 0.6 is 0 Å². The highest BCUT2D eigenvalue weighted by Crippen LogP contribution is 2.34. The molecule has 1 unspecified atom stereocenters. The van der Waals surface area contributed by atoms with E-state index in [0.29, 0.717) is 0 Å². The zero-order valence-electron chi connectivity index (χ0n) is 15.9. The number of unbranched alkanes of at least 4 members (excludes halogenated alkanes) is 4. The molecule has 1 aliphatic rings. The normalized spacial score (nSPS) is 17.5. The Labute approximate surface area is 153 Å². The summed E-state index contributed by atoms with van der Waals surface area (Å²) >= 11 is 0. The minimum Gasteiger partial charge on any atom is -0.497 e. The van der Waals surface area contributed by atoms with E-state index in [9.17, 15) is 0 Å². The minimum absolute atomic E-state index is 0.912. The molecular formula is C24H32O. The van der Waals surface area contributed by atoms with Gasteiger partial charge in [0, 0.05) is 0 Å². The molecule has 0 N–H and O–H groups in total. The van der Waals surface area contributed by atoms with Crippen molar-refractivity contribution in [2.24, 2.45) is 5.92 Å². The quantitative estimate of drug-likeness (QED) is 0.456. The molecule has 2 aromatic rings. The van der Waals surface area contributed by atoms with Crippen LogP contribution in [0.15, 0.2) is 42.5 Å². The number of methoxy groups -OCH3 is 1. The van der Waals surface area contributed by atoms with Crippen LogP contribution in [0.4, 0.5) is 0 Å². The minimum atomic E-state index is 0.912. The van der Waals surface area contributed by atoms with Crippen molar-refractivity contribution in [3.05, 3.63) is 48.0 Å². The van der Waals surface area contributed by atoms with E-state index in [1.54, 1.807) is 12.7 Å². The predicted molar refractivity (Wildman–Crippen MR) is 109 cm³/mol. The number of hydrogen-bond donors (Lipinski definition) is 0. The molecule has 0 saturated carbocycles. The van der Waals surface area contributed by atoms with E-state index in [4.69, 9.17) is 4.74 Å². The fraction of sp³-hybridized carbons (Fsp3) is 0.500. The second kappa shape index (κ2) is 9.08. The van der Waals surface area contributed by atoms with Gasteiger partial charge in [0.05, 0.1) is 7.11 Å². The van der Waals surface area contributed by atoms with Gasteiger partial charge in [-0.2, -0.15) is 0 Å². The summed E-state index contributed by atoms with van der Waals surface area (Å²) in [7, 11) is 1.72. The highest BCUT2D eigenvalue weighted by molar-refractivity contribution is 5.87. The average Bonchev–Trinajstić information content (AvgIpc) is 2.67. The Morgan fingerprint density at radius 3 is 2.52 bits per heavy atom. The summed E-state index contributed by atoms with van der Waals surface area (Å²) in [6.07, 6.45) is 14.8. The van der Waals surface area contributed by atoms with Gasteiger partial charge >= 0.3 is 0 Å². The van der Waals surface area contributed by atoms with Crippen molar-refractivity contribution in [2.75, 3.05) is 7.11 Å². The van der Waals surface area contributed by atoms with Crippen LogP contribution in [0.5, 0.6) is 5.75 Å². The van der Waals surface area contributed by atoms with Gasteiger partial charge in [0.1, 0.15) is 5.75 Å². The summed E-state index contributed by atoms with van der Waals surface area (Å²) in [6.45, 7) is 2.29. The van der Waals surface area contributed by atoms with Gasteiger partial charge in [-0.25, -0.2) is 0 Å². The molecule has 0 bridgehead atoms. The first-order valence-corrected chi connectivity index (χ1v) is 10.1. The molecule has 0 heterocycles. The Morgan fingerprint density at radius 2 is 1.76 bits per heavy atom. The third-order valence-electron chi connectivity index (χ3n) is 5.65. The molecule has 1 aliphatic carbocycles. The van der Waals surface area contributed by atoms with Crippen molar-refractivity contribution in [3.8, 4) is 5.75 Å².